The number of rotatable bonds is 4. The summed E-state index contributed by atoms with van der Waals surface area (Å²) >= 11 is 6.05. The maximum absolute atomic E-state index is 6.05. The number of aromatic nitrogens is 2. The molecule has 0 aliphatic heterocycles. The van der Waals surface area contributed by atoms with Crippen LogP contribution in [0.5, 0.6) is 5.75 Å². The van der Waals surface area contributed by atoms with Gasteiger partial charge in [-0.25, -0.2) is 4.68 Å². The summed E-state index contributed by atoms with van der Waals surface area (Å²) in [6, 6.07) is 17.4. The first kappa shape index (κ1) is 12.8. The molecule has 0 fully saturated rings. The van der Waals surface area contributed by atoms with E-state index in [0.717, 1.165) is 17.0 Å². The van der Waals surface area contributed by atoms with Crippen LogP contribution in [0.4, 0.5) is 0 Å². The Labute approximate surface area is 122 Å². The Balaban J connectivity index is 1.86. The molecule has 0 radical (unpaired) electrons. The van der Waals surface area contributed by atoms with Crippen molar-refractivity contribution in [3.05, 3.63) is 77.6 Å². The van der Waals surface area contributed by atoms with Crippen LogP contribution < -0.4 is 4.74 Å². The van der Waals surface area contributed by atoms with Crippen molar-refractivity contribution < 1.29 is 4.74 Å². The second-order valence-electron chi connectivity index (χ2n) is 4.34. The van der Waals surface area contributed by atoms with E-state index in [1.807, 2.05) is 60.8 Å². The van der Waals surface area contributed by atoms with Gasteiger partial charge in [0.15, 0.2) is 0 Å². The molecular formula is C16H13ClN2O. The van der Waals surface area contributed by atoms with E-state index in [0.29, 0.717) is 11.6 Å². The van der Waals surface area contributed by atoms with Crippen molar-refractivity contribution in [1.82, 2.24) is 9.78 Å². The van der Waals surface area contributed by atoms with Gasteiger partial charge in [0.2, 0.25) is 0 Å². The second-order valence-corrected chi connectivity index (χ2v) is 4.77. The molecule has 0 amide bonds. The summed E-state index contributed by atoms with van der Waals surface area (Å²) in [6.45, 7) is 0.511. The minimum atomic E-state index is 0.511. The van der Waals surface area contributed by atoms with E-state index in [1.165, 1.54) is 0 Å². The van der Waals surface area contributed by atoms with Crippen molar-refractivity contribution >= 4 is 11.6 Å². The van der Waals surface area contributed by atoms with Crippen LogP contribution in [0.1, 0.15) is 5.56 Å². The van der Waals surface area contributed by atoms with Crippen molar-refractivity contribution in [2.45, 2.75) is 6.61 Å². The molecule has 3 nitrogen and oxygen atoms in total. The minimum absolute atomic E-state index is 0.511. The van der Waals surface area contributed by atoms with Gasteiger partial charge in [-0.05, 0) is 29.8 Å². The fourth-order valence-electron chi connectivity index (χ4n) is 1.94. The average molecular weight is 285 g/mol. The lowest BCUT2D eigenvalue weighted by Gasteiger charge is -2.12. The number of halogens is 1. The lowest BCUT2D eigenvalue weighted by molar-refractivity contribution is 0.304. The zero-order valence-electron chi connectivity index (χ0n) is 10.7. The molecule has 2 aromatic carbocycles. The van der Waals surface area contributed by atoms with E-state index in [1.54, 1.807) is 10.9 Å². The third-order valence-corrected chi connectivity index (χ3v) is 3.14. The van der Waals surface area contributed by atoms with Crippen molar-refractivity contribution in [1.29, 1.82) is 0 Å². The molecule has 1 heterocycles. The topological polar surface area (TPSA) is 27.1 Å². The highest BCUT2D eigenvalue weighted by atomic mass is 35.5. The highest BCUT2D eigenvalue weighted by Crippen LogP contribution is 2.26. The molecule has 20 heavy (non-hydrogen) atoms. The van der Waals surface area contributed by atoms with Crippen LogP contribution in [-0.2, 0) is 6.61 Å². The van der Waals surface area contributed by atoms with Gasteiger partial charge in [0.25, 0.3) is 0 Å². The summed E-state index contributed by atoms with van der Waals surface area (Å²) < 4.78 is 7.62. The van der Waals surface area contributed by atoms with Crippen molar-refractivity contribution in [2.24, 2.45) is 0 Å². The zero-order valence-corrected chi connectivity index (χ0v) is 11.5. The van der Waals surface area contributed by atoms with Crippen LogP contribution >= 0.6 is 11.6 Å². The van der Waals surface area contributed by atoms with Crippen molar-refractivity contribution in [3.63, 3.8) is 0 Å². The third-order valence-electron chi connectivity index (χ3n) is 2.91. The maximum atomic E-state index is 6.05. The van der Waals surface area contributed by atoms with Crippen molar-refractivity contribution in [3.8, 4) is 11.4 Å². The molecule has 0 bridgehead atoms. The number of ether oxygens (including phenoxy) is 1. The molecule has 3 rings (SSSR count). The molecule has 0 N–H and O–H groups in total. The first-order chi connectivity index (χ1) is 9.83. The Hall–Kier alpha value is -2.26. The van der Waals surface area contributed by atoms with Crippen LogP contribution in [0.3, 0.4) is 0 Å². The molecule has 0 unspecified atom stereocenters. The van der Waals surface area contributed by atoms with E-state index in [2.05, 4.69) is 5.10 Å². The molecule has 0 saturated heterocycles. The normalized spacial score (nSPS) is 10.4. The first-order valence-electron chi connectivity index (χ1n) is 6.29. The maximum Gasteiger partial charge on any atom is 0.145 e. The quantitative estimate of drug-likeness (QED) is 0.721. The zero-order chi connectivity index (χ0) is 13.8. The molecule has 100 valence electrons. The van der Waals surface area contributed by atoms with E-state index in [-0.39, 0.29) is 0 Å². The van der Waals surface area contributed by atoms with E-state index in [9.17, 15) is 0 Å². The Bertz CT molecular complexity index is 681. The molecular weight excluding hydrogens is 272 g/mol. The summed E-state index contributed by atoms with van der Waals surface area (Å²) in [5, 5.41) is 4.88. The van der Waals surface area contributed by atoms with Gasteiger partial charge in [-0.1, -0.05) is 41.9 Å². The van der Waals surface area contributed by atoms with Gasteiger partial charge in [-0.2, -0.15) is 5.10 Å². The fourth-order valence-corrected chi connectivity index (χ4v) is 2.10. The van der Waals surface area contributed by atoms with Crippen LogP contribution in [0.2, 0.25) is 5.02 Å². The molecule has 0 atom stereocenters. The minimum Gasteiger partial charge on any atom is -0.487 e. The standard InChI is InChI=1S/C16H13ClN2O/c17-14-7-8-16(15(11-14)19-10-4-9-18-19)20-12-13-5-2-1-3-6-13/h1-11H,12H2. The third kappa shape index (κ3) is 2.83. The number of benzene rings is 2. The lowest BCUT2D eigenvalue weighted by Crippen LogP contribution is -2.01. The molecule has 4 heteroatoms. The van der Waals surface area contributed by atoms with Gasteiger partial charge in [0.05, 0.1) is 0 Å². The number of hydrogen-bond donors (Lipinski definition) is 0. The lowest BCUT2D eigenvalue weighted by atomic mass is 10.2. The van der Waals surface area contributed by atoms with Crippen molar-refractivity contribution in [2.75, 3.05) is 0 Å². The Morgan fingerprint density at radius 3 is 2.65 bits per heavy atom. The summed E-state index contributed by atoms with van der Waals surface area (Å²) in [6.07, 6.45) is 3.59. The van der Waals surface area contributed by atoms with Gasteiger partial charge < -0.3 is 4.74 Å². The molecule has 0 spiro atoms. The van der Waals surface area contributed by atoms with Gasteiger partial charge in [-0.15, -0.1) is 0 Å². The molecule has 3 aromatic rings. The predicted molar refractivity (Wildman–Crippen MR) is 79.3 cm³/mol. The highest BCUT2D eigenvalue weighted by Gasteiger charge is 2.07. The van der Waals surface area contributed by atoms with Gasteiger partial charge in [0.1, 0.15) is 18.0 Å². The van der Waals surface area contributed by atoms with Gasteiger partial charge in [-0.3, -0.25) is 0 Å². The monoisotopic (exact) mass is 284 g/mol. The summed E-state index contributed by atoms with van der Waals surface area (Å²) in [7, 11) is 0. The Morgan fingerprint density at radius 1 is 1.05 bits per heavy atom. The predicted octanol–water partition coefficient (Wildman–Crippen LogP) is 4.10. The van der Waals surface area contributed by atoms with E-state index >= 15 is 0 Å². The number of hydrogen-bond acceptors (Lipinski definition) is 2. The Morgan fingerprint density at radius 2 is 1.90 bits per heavy atom. The summed E-state index contributed by atoms with van der Waals surface area (Å²) in [5.74, 6) is 0.752. The summed E-state index contributed by atoms with van der Waals surface area (Å²) in [5.41, 5.74) is 1.95. The Kier molecular flexibility index (Phi) is 3.70. The summed E-state index contributed by atoms with van der Waals surface area (Å²) in [4.78, 5) is 0. The van der Waals surface area contributed by atoms with Crippen LogP contribution in [0.25, 0.3) is 5.69 Å². The number of nitrogens with zero attached hydrogens (tertiary/aromatic N) is 2. The van der Waals surface area contributed by atoms with Crippen LogP contribution in [-0.4, -0.2) is 9.78 Å². The fraction of sp³-hybridized carbons (Fsp3) is 0.0625. The molecule has 0 saturated carbocycles. The highest BCUT2D eigenvalue weighted by molar-refractivity contribution is 6.30. The van der Waals surface area contributed by atoms with E-state index in [4.69, 9.17) is 16.3 Å². The molecule has 1 aromatic heterocycles. The SMILES string of the molecule is Clc1ccc(OCc2ccccc2)c(-n2cccn2)c1. The molecule has 0 aliphatic carbocycles. The largest absolute Gasteiger partial charge is 0.487 e. The van der Waals surface area contributed by atoms with Crippen LogP contribution in [0, 0.1) is 0 Å². The van der Waals surface area contributed by atoms with E-state index < -0.39 is 0 Å². The average Bonchev–Trinajstić information content (AvgIpc) is 3.01. The second kappa shape index (κ2) is 5.80. The smallest absolute Gasteiger partial charge is 0.145 e. The van der Waals surface area contributed by atoms with Gasteiger partial charge >= 0.3 is 0 Å². The van der Waals surface area contributed by atoms with Gasteiger partial charge in [0, 0.05) is 17.4 Å². The molecule has 0 aliphatic rings. The first-order valence-corrected chi connectivity index (χ1v) is 6.67. The van der Waals surface area contributed by atoms with Crippen LogP contribution in [0.15, 0.2) is 67.0 Å².